The quantitative estimate of drug-likeness (QED) is 0.335. The van der Waals surface area contributed by atoms with Gasteiger partial charge in [-0.2, -0.15) is 0 Å². The molecule has 0 unspecified atom stereocenters. The molecule has 0 saturated carbocycles. The SMILES string of the molecule is O=C(COC(=O)CNc1ccc(-c2ccc(F)cc2)cc1)Nc1ccc(Cl)cc1C(=O)O.[NaH]. The minimum atomic E-state index is -1.26. The number of rotatable bonds is 8. The zero-order chi connectivity index (χ0) is 23.1. The Morgan fingerprint density at radius 2 is 1.55 bits per heavy atom. The summed E-state index contributed by atoms with van der Waals surface area (Å²) in [5.41, 5.74) is 2.27. The molecule has 0 atom stereocenters. The fourth-order valence-corrected chi connectivity index (χ4v) is 2.95. The molecule has 3 rings (SSSR count). The summed E-state index contributed by atoms with van der Waals surface area (Å²) < 4.78 is 17.9. The van der Waals surface area contributed by atoms with E-state index in [2.05, 4.69) is 10.6 Å². The van der Waals surface area contributed by atoms with Gasteiger partial charge in [0.05, 0.1) is 11.3 Å². The molecule has 1 amide bonds. The Bertz CT molecular complexity index is 1140. The number of halogens is 2. The number of ether oxygens (including phenoxy) is 1. The van der Waals surface area contributed by atoms with Gasteiger partial charge < -0.3 is 20.5 Å². The van der Waals surface area contributed by atoms with Gasteiger partial charge in [-0.1, -0.05) is 35.9 Å². The molecule has 7 nitrogen and oxygen atoms in total. The van der Waals surface area contributed by atoms with Crippen molar-refractivity contribution in [1.29, 1.82) is 0 Å². The van der Waals surface area contributed by atoms with E-state index >= 15 is 0 Å². The third kappa shape index (κ3) is 7.87. The van der Waals surface area contributed by atoms with Gasteiger partial charge in [0.1, 0.15) is 12.4 Å². The Hall–Kier alpha value is -2.91. The van der Waals surface area contributed by atoms with Gasteiger partial charge in [0.2, 0.25) is 0 Å². The van der Waals surface area contributed by atoms with Crippen molar-refractivity contribution in [2.24, 2.45) is 0 Å². The first-order chi connectivity index (χ1) is 15.3. The number of hydrogen-bond acceptors (Lipinski definition) is 5. The number of carbonyl (C=O) groups is 3. The summed E-state index contributed by atoms with van der Waals surface area (Å²) in [4.78, 5) is 35.1. The Kier molecular flexibility index (Phi) is 9.87. The minimum absolute atomic E-state index is 0. The molecule has 0 aromatic heterocycles. The van der Waals surface area contributed by atoms with Crippen LogP contribution < -0.4 is 10.6 Å². The van der Waals surface area contributed by atoms with E-state index in [-0.39, 0.29) is 58.2 Å². The van der Waals surface area contributed by atoms with Crippen molar-refractivity contribution in [3.8, 4) is 11.1 Å². The van der Waals surface area contributed by atoms with Crippen LogP contribution in [0.1, 0.15) is 10.4 Å². The van der Waals surface area contributed by atoms with E-state index in [1.807, 2.05) is 12.1 Å². The van der Waals surface area contributed by atoms with E-state index in [0.717, 1.165) is 11.1 Å². The van der Waals surface area contributed by atoms with E-state index in [1.165, 1.54) is 30.3 Å². The first-order valence-electron chi connectivity index (χ1n) is 9.40. The number of carbonyl (C=O) groups excluding carboxylic acids is 2. The van der Waals surface area contributed by atoms with E-state index in [0.29, 0.717) is 5.69 Å². The monoisotopic (exact) mass is 480 g/mol. The molecule has 0 aliphatic carbocycles. The van der Waals surface area contributed by atoms with Crippen LogP contribution in [0.15, 0.2) is 66.7 Å². The van der Waals surface area contributed by atoms with Crippen LogP contribution in [0.5, 0.6) is 0 Å². The van der Waals surface area contributed by atoms with E-state index in [9.17, 15) is 23.9 Å². The molecule has 0 aliphatic rings. The molecule has 3 N–H and O–H groups in total. The van der Waals surface area contributed by atoms with Crippen molar-refractivity contribution in [3.63, 3.8) is 0 Å². The fraction of sp³-hybridized carbons (Fsp3) is 0.0870. The summed E-state index contributed by atoms with van der Waals surface area (Å²) in [5, 5.41) is 14.6. The third-order valence-electron chi connectivity index (χ3n) is 4.35. The zero-order valence-corrected chi connectivity index (χ0v) is 17.4. The van der Waals surface area contributed by atoms with Gasteiger partial charge in [0, 0.05) is 10.7 Å². The molecule has 0 fully saturated rings. The molecule has 0 spiro atoms. The second kappa shape index (κ2) is 12.4. The number of benzene rings is 3. The molecule has 0 radical (unpaired) electrons. The Balaban J connectivity index is 0.00000385. The molecule has 0 saturated heterocycles. The van der Waals surface area contributed by atoms with Crippen molar-refractivity contribution < 1.29 is 28.6 Å². The predicted molar refractivity (Wildman–Crippen MR) is 125 cm³/mol. The predicted octanol–water partition coefficient (Wildman–Crippen LogP) is 3.79. The van der Waals surface area contributed by atoms with E-state index in [1.54, 1.807) is 24.3 Å². The average molecular weight is 481 g/mol. The first-order valence-corrected chi connectivity index (χ1v) is 9.78. The van der Waals surface area contributed by atoms with Gasteiger partial charge in [-0.05, 0) is 53.6 Å². The van der Waals surface area contributed by atoms with Crippen molar-refractivity contribution in [2.45, 2.75) is 0 Å². The van der Waals surface area contributed by atoms with Crippen LogP contribution in [0.4, 0.5) is 15.8 Å². The summed E-state index contributed by atoms with van der Waals surface area (Å²) in [7, 11) is 0. The van der Waals surface area contributed by atoms with Crippen LogP contribution >= 0.6 is 11.6 Å². The van der Waals surface area contributed by atoms with Crippen LogP contribution in [0.2, 0.25) is 5.02 Å². The van der Waals surface area contributed by atoms with Crippen molar-refractivity contribution in [3.05, 3.63) is 83.1 Å². The van der Waals surface area contributed by atoms with E-state index in [4.69, 9.17) is 16.3 Å². The van der Waals surface area contributed by atoms with Crippen LogP contribution in [0, 0.1) is 5.82 Å². The Morgan fingerprint density at radius 1 is 0.939 bits per heavy atom. The van der Waals surface area contributed by atoms with Crippen LogP contribution in [-0.4, -0.2) is 65.7 Å². The van der Waals surface area contributed by atoms with Crippen LogP contribution in [0.3, 0.4) is 0 Å². The van der Waals surface area contributed by atoms with E-state index < -0.39 is 24.5 Å². The normalized spacial score (nSPS) is 10.0. The molecule has 3 aromatic rings. The zero-order valence-electron chi connectivity index (χ0n) is 16.6. The number of carboxylic acids is 1. The molecule has 10 heteroatoms. The molecule has 3 aromatic carbocycles. The number of anilines is 2. The summed E-state index contributed by atoms with van der Waals surface area (Å²) >= 11 is 5.76. The summed E-state index contributed by atoms with van der Waals surface area (Å²) in [6, 6.07) is 17.2. The molecule has 33 heavy (non-hydrogen) atoms. The maximum atomic E-state index is 13.0. The average Bonchev–Trinajstić information content (AvgIpc) is 2.78. The van der Waals surface area contributed by atoms with Gasteiger partial charge in [-0.25, -0.2) is 9.18 Å². The molecule has 0 bridgehead atoms. The number of amides is 1. The number of hydrogen-bond donors (Lipinski definition) is 3. The second-order valence-corrected chi connectivity index (χ2v) is 7.08. The standard InChI is InChI=1S/C23H18ClFN2O5.Na.H/c24-16-5-10-20(19(11-16)23(30)31)27-21(28)13-32-22(29)12-26-18-8-3-15(4-9-18)14-1-6-17(25)7-2-14;;/h1-11,26H,12-13H2,(H,27,28)(H,30,31);;. The van der Waals surface area contributed by atoms with Crippen molar-refractivity contribution in [1.82, 2.24) is 0 Å². The summed E-state index contributed by atoms with van der Waals surface area (Å²) in [6.45, 7) is -0.754. The van der Waals surface area contributed by atoms with Gasteiger partial charge in [-0.3, -0.25) is 9.59 Å². The number of esters is 1. The molecular weight excluding hydrogens is 462 g/mol. The summed E-state index contributed by atoms with van der Waals surface area (Å²) in [5.74, 6) is -2.92. The number of aromatic carboxylic acids is 1. The van der Waals surface area contributed by atoms with Gasteiger partial charge in [0.25, 0.3) is 5.91 Å². The summed E-state index contributed by atoms with van der Waals surface area (Å²) in [6.07, 6.45) is 0. The molecule has 166 valence electrons. The van der Waals surface area contributed by atoms with Gasteiger partial charge in [0.15, 0.2) is 6.61 Å². The van der Waals surface area contributed by atoms with Crippen molar-refractivity contribution in [2.75, 3.05) is 23.8 Å². The Labute approximate surface area is 216 Å². The number of nitrogens with one attached hydrogen (secondary N) is 2. The third-order valence-corrected chi connectivity index (χ3v) is 4.58. The topological polar surface area (TPSA) is 105 Å². The maximum absolute atomic E-state index is 13.0. The van der Waals surface area contributed by atoms with Crippen LogP contribution in [0.25, 0.3) is 11.1 Å². The van der Waals surface area contributed by atoms with Gasteiger partial charge in [-0.15, -0.1) is 0 Å². The second-order valence-electron chi connectivity index (χ2n) is 6.64. The molecule has 0 aliphatic heterocycles. The number of carboxylic acid groups (broad SMARTS) is 1. The molecular formula is C23H19ClFN2NaO5. The Morgan fingerprint density at radius 3 is 2.15 bits per heavy atom. The van der Waals surface area contributed by atoms with Crippen LogP contribution in [-0.2, 0) is 14.3 Å². The first kappa shape index (κ1) is 26.3. The van der Waals surface area contributed by atoms with Gasteiger partial charge >= 0.3 is 41.5 Å². The fourth-order valence-electron chi connectivity index (χ4n) is 2.78. The van der Waals surface area contributed by atoms with Crippen molar-refractivity contribution >= 4 is 70.4 Å². The molecule has 0 heterocycles.